The average Bonchev–Trinajstić information content (AvgIpc) is 2.94. The normalized spacial score (nSPS) is 24.2. The zero-order valence-electron chi connectivity index (χ0n) is 13.7. The van der Waals surface area contributed by atoms with E-state index in [1.54, 1.807) is 0 Å². The van der Waals surface area contributed by atoms with Gasteiger partial charge in [-0.2, -0.15) is 0 Å². The molecule has 2 fully saturated rings. The molecule has 0 saturated carbocycles. The summed E-state index contributed by atoms with van der Waals surface area (Å²) in [4.78, 5) is 0. The SMILES string of the molecule is C[N+](C)(C)CC1CO1.C[N+](C)(C)CC1CO1.O=S(=O)([O-])[O-]. The van der Waals surface area contributed by atoms with Crippen LogP contribution in [0.5, 0.6) is 0 Å². The van der Waals surface area contributed by atoms with E-state index in [4.69, 9.17) is 27.0 Å². The lowest BCUT2D eigenvalue weighted by atomic mass is 10.4. The summed E-state index contributed by atoms with van der Waals surface area (Å²) in [7, 11) is 7.93. The first kappa shape index (κ1) is 20.7. The Bertz CT molecular complexity index is 359. The summed E-state index contributed by atoms with van der Waals surface area (Å²) in [5.41, 5.74) is 0. The Labute approximate surface area is 128 Å². The molecule has 0 aromatic carbocycles. The number of hydrogen-bond acceptors (Lipinski definition) is 6. The first-order valence-corrected chi connectivity index (χ1v) is 8.00. The maximum Gasteiger partial charge on any atom is 0.130 e. The van der Waals surface area contributed by atoms with Gasteiger partial charge in [-0.15, -0.1) is 0 Å². The molecule has 2 atom stereocenters. The number of likely N-dealkylation sites (N-methyl/N-ethyl adjacent to an activating group) is 2. The van der Waals surface area contributed by atoms with Crippen LogP contribution in [-0.4, -0.2) is 107 Å². The van der Waals surface area contributed by atoms with E-state index in [2.05, 4.69) is 42.3 Å². The summed E-state index contributed by atoms with van der Waals surface area (Å²) in [5.74, 6) is 0. The van der Waals surface area contributed by atoms with E-state index in [1.807, 2.05) is 0 Å². The lowest BCUT2D eigenvalue weighted by molar-refractivity contribution is -0.870. The largest absolute Gasteiger partial charge is 0.759 e. The van der Waals surface area contributed by atoms with Gasteiger partial charge in [-0.1, -0.05) is 0 Å². The Morgan fingerprint density at radius 2 is 1.05 bits per heavy atom. The number of hydrogen-bond donors (Lipinski definition) is 0. The quantitative estimate of drug-likeness (QED) is 0.279. The van der Waals surface area contributed by atoms with Gasteiger partial charge in [0.15, 0.2) is 0 Å². The topological polar surface area (TPSA) is 105 Å². The van der Waals surface area contributed by atoms with Crippen LogP contribution in [-0.2, 0) is 19.9 Å². The summed E-state index contributed by atoms with van der Waals surface area (Å²) in [6.07, 6.45) is 1.13. The van der Waals surface area contributed by atoms with Crippen molar-refractivity contribution in [1.82, 2.24) is 0 Å². The van der Waals surface area contributed by atoms with Crippen molar-refractivity contribution in [3.05, 3.63) is 0 Å². The standard InChI is InChI=1S/2C6H14NO.H2O4S/c2*1-7(2,3)4-6-5-8-6;1-5(2,3)4/h2*6H,4-5H2,1-3H3;(H2,1,2,3,4)/q2*+1;/p-2. The van der Waals surface area contributed by atoms with Crippen molar-refractivity contribution in [2.24, 2.45) is 0 Å². The molecule has 0 amide bonds. The molecule has 0 aromatic rings. The van der Waals surface area contributed by atoms with Crippen LogP contribution in [0.2, 0.25) is 0 Å². The van der Waals surface area contributed by atoms with Crippen LogP contribution in [0.15, 0.2) is 0 Å². The number of nitrogens with zero attached hydrogens (tertiary/aromatic N) is 2. The highest BCUT2D eigenvalue weighted by Crippen LogP contribution is 2.12. The highest BCUT2D eigenvalue weighted by Gasteiger charge is 2.29. The highest BCUT2D eigenvalue weighted by atomic mass is 32.3. The fourth-order valence-electron chi connectivity index (χ4n) is 1.57. The molecule has 2 unspecified atom stereocenters. The zero-order chi connectivity index (χ0) is 16.9. The van der Waals surface area contributed by atoms with Gasteiger partial charge in [0.2, 0.25) is 0 Å². The van der Waals surface area contributed by atoms with Gasteiger partial charge in [-0.25, -0.2) is 0 Å². The van der Waals surface area contributed by atoms with E-state index in [0.717, 1.165) is 35.3 Å². The van der Waals surface area contributed by atoms with E-state index in [0.29, 0.717) is 12.2 Å². The predicted octanol–water partition coefficient (Wildman–Crippen LogP) is -1.16. The fraction of sp³-hybridized carbons (Fsp3) is 1.00. The van der Waals surface area contributed by atoms with E-state index >= 15 is 0 Å². The minimum Gasteiger partial charge on any atom is -0.759 e. The first-order chi connectivity index (χ1) is 9.16. The summed E-state index contributed by atoms with van der Waals surface area (Å²) in [5, 5.41) is 0. The van der Waals surface area contributed by atoms with Crippen LogP contribution in [0, 0.1) is 0 Å². The maximum absolute atomic E-state index is 8.52. The molecule has 128 valence electrons. The number of epoxide rings is 2. The zero-order valence-corrected chi connectivity index (χ0v) is 14.6. The lowest BCUT2D eigenvalue weighted by Gasteiger charge is -2.22. The highest BCUT2D eigenvalue weighted by molar-refractivity contribution is 7.79. The molecule has 0 aliphatic carbocycles. The summed E-state index contributed by atoms with van der Waals surface area (Å²) < 4.78 is 46.3. The molecule has 2 saturated heterocycles. The average molecular weight is 328 g/mol. The van der Waals surface area contributed by atoms with Crippen LogP contribution in [0.1, 0.15) is 0 Å². The molecular weight excluding hydrogens is 300 g/mol. The second-order valence-corrected chi connectivity index (χ2v) is 8.08. The monoisotopic (exact) mass is 328 g/mol. The van der Waals surface area contributed by atoms with E-state index in [9.17, 15) is 0 Å². The van der Waals surface area contributed by atoms with Gasteiger partial charge in [-0.05, 0) is 0 Å². The molecule has 0 radical (unpaired) electrons. The molecule has 9 heteroatoms. The van der Waals surface area contributed by atoms with Gasteiger partial charge in [0.1, 0.15) is 25.3 Å². The van der Waals surface area contributed by atoms with Crippen molar-refractivity contribution in [3.63, 3.8) is 0 Å². The molecule has 0 N–H and O–H groups in total. The Kier molecular flexibility index (Phi) is 7.71. The Morgan fingerprint density at radius 3 is 1.10 bits per heavy atom. The van der Waals surface area contributed by atoms with Crippen molar-refractivity contribution in [3.8, 4) is 0 Å². The third-order valence-corrected chi connectivity index (χ3v) is 2.31. The lowest BCUT2D eigenvalue weighted by Crippen LogP contribution is -2.37. The Morgan fingerprint density at radius 1 is 0.857 bits per heavy atom. The molecule has 2 rings (SSSR count). The van der Waals surface area contributed by atoms with Crippen LogP contribution in [0.4, 0.5) is 0 Å². The first-order valence-electron chi connectivity index (χ1n) is 6.66. The van der Waals surface area contributed by atoms with Crippen LogP contribution >= 0.6 is 0 Å². The Hall–Kier alpha value is -0.290. The molecule has 2 aliphatic heterocycles. The molecular formula is C12H28N2O6S. The van der Waals surface area contributed by atoms with E-state index in [-0.39, 0.29) is 0 Å². The summed E-state index contributed by atoms with van der Waals surface area (Å²) in [6.45, 7) is 4.27. The fourth-order valence-corrected chi connectivity index (χ4v) is 1.57. The molecule has 0 spiro atoms. The molecule has 2 aliphatic rings. The van der Waals surface area contributed by atoms with Crippen LogP contribution < -0.4 is 0 Å². The second kappa shape index (κ2) is 7.82. The molecule has 2 heterocycles. The van der Waals surface area contributed by atoms with E-state index < -0.39 is 10.4 Å². The molecule has 21 heavy (non-hydrogen) atoms. The van der Waals surface area contributed by atoms with Crippen molar-refractivity contribution in [2.75, 3.05) is 68.6 Å². The van der Waals surface area contributed by atoms with Crippen LogP contribution in [0.25, 0.3) is 0 Å². The van der Waals surface area contributed by atoms with Gasteiger partial charge < -0.3 is 27.5 Å². The van der Waals surface area contributed by atoms with Crippen molar-refractivity contribution < 1.29 is 36.0 Å². The minimum absolute atomic E-state index is 0.565. The van der Waals surface area contributed by atoms with Gasteiger partial charge in [0.25, 0.3) is 0 Å². The third-order valence-electron chi connectivity index (χ3n) is 2.31. The molecule has 0 bridgehead atoms. The third kappa shape index (κ3) is 25.0. The van der Waals surface area contributed by atoms with Gasteiger partial charge in [0, 0.05) is 10.4 Å². The molecule has 0 aromatic heterocycles. The summed E-state index contributed by atoms with van der Waals surface area (Å²) in [6, 6.07) is 0. The van der Waals surface area contributed by atoms with Crippen LogP contribution in [0.3, 0.4) is 0 Å². The van der Waals surface area contributed by atoms with Crippen molar-refractivity contribution in [1.29, 1.82) is 0 Å². The smallest absolute Gasteiger partial charge is 0.130 e. The van der Waals surface area contributed by atoms with Crippen molar-refractivity contribution >= 4 is 10.4 Å². The molecule has 8 nitrogen and oxygen atoms in total. The summed E-state index contributed by atoms with van der Waals surface area (Å²) >= 11 is 0. The number of ether oxygens (including phenoxy) is 2. The van der Waals surface area contributed by atoms with Gasteiger partial charge in [-0.3, -0.25) is 8.42 Å². The van der Waals surface area contributed by atoms with Gasteiger partial charge >= 0.3 is 0 Å². The number of quaternary nitrogens is 2. The predicted molar refractivity (Wildman–Crippen MR) is 75.8 cm³/mol. The minimum atomic E-state index is -5.17. The number of rotatable bonds is 4. The maximum atomic E-state index is 8.52. The van der Waals surface area contributed by atoms with E-state index in [1.165, 1.54) is 0 Å². The second-order valence-electron chi connectivity index (χ2n) is 7.26. The Balaban J connectivity index is 0.000000296. The van der Waals surface area contributed by atoms with Crippen molar-refractivity contribution in [2.45, 2.75) is 12.2 Å². The van der Waals surface area contributed by atoms with Gasteiger partial charge in [0.05, 0.1) is 55.5 Å².